The average molecular weight is 322 g/mol. The number of carboxylic acid groups (broad SMARTS) is 1. The molecule has 0 amide bonds. The summed E-state index contributed by atoms with van der Waals surface area (Å²) in [7, 11) is 0. The molecule has 0 spiro atoms. The fourth-order valence-electron chi connectivity index (χ4n) is 2.36. The summed E-state index contributed by atoms with van der Waals surface area (Å²) in [6, 6.07) is 15.1. The van der Waals surface area contributed by atoms with Crippen LogP contribution >= 0.6 is 0 Å². The van der Waals surface area contributed by atoms with Crippen LogP contribution in [0, 0.1) is 0 Å². The first-order valence-electron chi connectivity index (χ1n) is 7.89. The van der Waals surface area contributed by atoms with Gasteiger partial charge >= 0.3 is 5.97 Å². The van der Waals surface area contributed by atoms with E-state index < -0.39 is 5.97 Å². The number of aliphatic carboxylic acids is 1. The predicted molar refractivity (Wildman–Crippen MR) is 96.3 cm³/mol. The molecule has 0 heterocycles. The topological polar surface area (TPSA) is 54.4 Å². The molecule has 0 aliphatic heterocycles. The Hall–Kier alpha value is -2.68. The molecule has 0 unspecified atom stereocenters. The molecular weight excluding hydrogens is 300 g/mol. The third-order valence-electron chi connectivity index (χ3n) is 3.81. The largest absolute Gasteiger partial charge is 0.478 e. The molecule has 0 radical (unpaired) electrons. The molecule has 1 N–H and O–H groups in total. The summed E-state index contributed by atoms with van der Waals surface area (Å²) in [5.74, 6) is -0.900. The van der Waals surface area contributed by atoms with Gasteiger partial charge in [-0.15, -0.1) is 0 Å². The van der Waals surface area contributed by atoms with Crippen LogP contribution in [0.1, 0.15) is 47.8 Å². The van der Waals surface area contributed by atoms with Gasteiger partial charge < -0.3 is 5.11 Å². The summed E-state index contributed by atoms with van der Waals surface area (Å²) in [4.78, 5) is 23.0. The van der Waals surface area contributed by atoms with E-state index in [-0.39, 0.29) is 11.2 Å². The number of rotatable bonds is 5. The van der Waals surface area contributed by atoms with Gasteiger partial charge in [0, 0.05) is 18.1 Å². The molecule has 0 saturated heterocycles. The molecule has 2 aromatic carbocycles. The molecule has 0 bridgehead atoms. The van der Waals surface area contributed by atoms with Crippen molar-refractivity contribution in [3.05, 3.63) is 76.9 Å². The molecule has 0 aliphatic carbocycles. The van der Waals surface area contributed by atoms with Crippen molar-refractivity contribution in [1.82, 2.24) is 0 Å². The van der Waals surface area contributed by atoms with Gasteiger partial charge in [-0.25, -0.2) is 4.79 Å². The van der Waals surface area contributed by atoms with Crippen molar-refractivity contribution >= 4 is 17.8 Å². The maximum atomic E-state index is 12.5. The minimum atomic E-state index is -0.979. The van der Waals surface area contributed by atoms with Crippen LogP contribution in [0.15, 0.2) is 54.6 Å². The van der Waals surface area contributed by atoms with E-state index in [1.54, 1.807) is 0 Å². The lowest BCUT2D eigenvalue weighted by atomic mass is 9.85. The first-order chi connectivity index (χ1) is 11.3. The standard InChI is InChI=1S/C21H22O3/c1-21(2,3)18-6-4-5-17(14-18)19(22)13-16-9-7-15(8-10-16)11-12-20(23)24/h4-12,14H,13H2,1-3H3,(H,23,24)/b12-11+. The van der Waals surface area contributed by atoms with Gasteiger partial charge in [-0.3, -0.25) is 4.79 Å². The molecular formula is C21H22O3. The van der Waals surface area contributed by atoms with Crippen LogP contribution < -0.4 is 0 Å². The highest BCUT2D eigenvalue weighted by Gasteiger charge is 2.15. The van der Waals surface area contributed by atoms with Gasteiger partial charge in [0.25, 0.3) is 0 Å². The summed E-state index contributed by atoms with van der Waals surface area (Å²) in [5, 5.41) is 8.62. The molecule has 2 aromatic rings. The van der Waals surface area contributed by atoms with E-state index in [0.717, 1.165) is 28.3 Å². The Morgan fingerprint density at radius 1 is 1.04 bits per heavy atom. The summed E-state index contributed by atoms with van der Waals surface area (Å²) >= 11 is 0. The van der Waals surface area contributed by atoms with Gasteiger partial charge in [0.1, 0.15) is 0 Å². The van der Waals surface area contributed by atoms with Crippen LogP contribution in [0.2, 0.25) is 0 Å². The maximum Gasteiger partial charge on any atom is 0.328 e. The number of hydrogen-bond donors (Lipinski definition) is 1. The Bertz CT molecular complexity index is 762. The third kappa shape index (κ3) is 4.92. The minimum Gasteiger partial charge on any atom is -0.478 e. The summed E-state index contributed by atoms with van der Waals surface area (Å²) in [6.45, 7) is 6.37. The van der Waals surface area contributed by atoms with E-state index in [0.29, 0.717) is 6.42 Å². The zero-order valence-corrected chi connectivity index (χ0v) is 14.2. The molecule has 0 atom stereocenters. The molecule has 0 fully saturated rings. The summed E-state index contributed by atoms with van der Waals surface area (Å²) in [6.07, 6.45) is 2.95. The zero-order chi connectivity index (χ0) is 17.7. The minimum absolute atomic E-state index is 0.00835. The van der Waals surface area contributed by atoms with E-state index in [4.69, 9.17) is 5.11 Å². The van der Waals surface area contributed by atoms with Gasteiger partial charge in [0.2, 0.25) is 0 Å². The second kappa shape index (κ2) is 7.26. The summed E-state index contributed by atoms with van der Waals surface area (Å²) in [5.41, 5.74) is 3.57. The van der Waals surface area contributed by atoms with Crippen LogP contribution in [-0.4, -0.2) is 16.9 Å². The maximum absolute atomic E-state index is 12.5. The Kier molecular flexibility index (Phi) is 5.35. The SMILES string of the molecule is CC(C)(C)c1cccc(C(=O)Cc2ccc(/C=C/C(=O)O)cc2)c1. The van der Waals surface area contributed by atoms with Gasteiger partial charge in [-0.2, -0.15) is 0 Å². The van der Waals surface area contributed by atoms with E-state index in [9.17, 15) is 9.59 Å². The lowest BCUT2D eigenvalue weighted by Crippen LogP contribution is -2.12. The first kappa shape index (κ1) is 17.7. The van der Waals surface area contributed by atoms with E-state index >= 15 is 0 Å². The highest BCUT2D eigenvalue weighted by atomic mass is 16.4. The number of carboxylic acids is 1. The normalized spacial score (nSPS) is 11.6. The second-order valence-electron chi connectivity index (χ2n) is 6.84. The highest BCUT2D eigenvalue weighted by Crippen LogP contribution is 2.23. The first-order valence-corrected chi connectivity index (χ1v) is 7.89. The van der Waals surface area contributed by atoms with Crippen LogP contribution in [0.3, 0.4) is 0 Å². The van der Waals surface area contributed by atoms with Crippen molar-refractivity contribution < 1.29 is 14.7 Å². The van der Waals surface area contributed by atoms with E-state index in [1.165, 1.54) is 6.08 Å². The Morgan fingerprint density at radius 3 is 2.29 bits per heavy atom. The van der Waals surface area contributed by atoms with Crippen LogP contribution in [0.5, 0.6) is 0 Å². The zero-order valence-electron chi connectivity index (χ0n) is 14.2. The van der Waals surface area contributed by atoms with Crippen molar-refractivity contribution in [2.45, 2.75) is 32.6 Å². The Labute approximate surface area is 142 Å². The molecule has 124 valence electrons. The number of Topliss-reactive ketones (excluding diaryl/α,β-unsaturated/α-hetero) is 1. The Balaban J connectivity index is 2.11. The van der Waals surface area contributed by atoms with Crippen molar-refractivity contribution in [3.63, 3.8) is 0 Å². The van der Waals surface area contributed by atoms with Crippen molar-refractivity contribution in [3.8, 4) is 0 Å². The summed E-state index contributed by atoms with van der Waals surface area (Å²) < 4.78 is 0. The molecule has 3 heteroatoms. The smallest absolute Gasteiger partial charge is 0.328 e. The van der Waals surface area contributed by atoms with Gasteiger partial charge in [-0.05, 0) is 34.2 Å². The second-order valence-corrected chi connectivity index (χ2v) is 6.84. The molecule has 2 rings (SSSR count). The quantitative estimate of drug-likeness (QED) is 0.651. The average Bonchev–Trinajstić information content (AvgIpc) is 2.53. The number of ketones is 1. The van der Waals surface area contributed by atoms with Gasteiger partial charge in [0.15, 0.2) is 5.78 Å². The van der Waals surface area contributed by atoms with Crippen LogP contribution in [0.25, 0.3) is 6.08 Å². The van der Waals surface area contributed by atoms with Crippen LogP contribution in [-0.2, 0) is 16.6 Å². The molecule has 3 nitrogen and oxygen atoms in total. The number of carbonyl (C=O) groups is 2. The predicted octanol–water partition coefficient (Wildman–Crippen LogP) is 4.51. The molecule has 0 aliphatic rings. The van der Waals surface area contributed by atoms with Gasteiger partial charge in [0.05, 0.1) is 0 Å². The monoisotopic (exact) mass is 322 g/mol. The number of hydrogen-bond acceptors (Lipinski definition) is 2. The number of benzene rings is 2. The van der Waals surface area contributed by atoms with E-state index in [2.05, 4.69) is 20.8 Å². The van der Waals surface area contributed by atoms with Crippen molar-refractivity contribution in [2.75, 3.05) is 0 Å². The highest BCUT2D eigenvalue weighted by molar-refractivity contribution is 5.97. The number of carbonyl (C=O) groups excluding carboxylic acids is 1. The molecule has 0 aromatic heterocycles. The Morgan fingerprint density at radius 2 is 1.71 bits per heavy atom. The van der Waals surface area contributed by atoms with Gasteiger partial charge in [-0.1, -0.05) is 63.2 Å². The fourth-order valence-corrected chi connectivity index (χ4v) is 2.36. The lowest BCUT2D eigenvalue weighted by molar-refractivity contribution is -0.131. The van der Waals surface area contributed by atoms with E-state index in [1.807, 2.05) is 48.5 Å². The van der Waals surface area contributed by atoms with Crippen molar-refractivity contribution in [2.24, 2.45) is 0 Å². The molecule has 24 heavy (non-hydrogen) atoms. The van der Waals surface area contributed by atoms with Crippen molar-refractivity contribution in [1.29, 1.82) is 0 Å². The fraction of sp³-hybridized carbons (Fsp3) is 0.238. The van der Waals surface area contributed by atoms with Crippen LogP contribution in [0.4, 0.5) is 0 Å². The third-order valence-corrected chi connectivity index (χ3v) is 3.81. The lowest BCUT2D eigenvalue weighted by Gasteiger charge is -2.19. The molecule has 0 saturated carbocycles.